The quantitative estimate of drug-likeness (QED) is 0.792. The van der Waals surface area contributed by atoms with Crippen LogP contribution in [0.2, 0.25) is 0 Å². The zero-order chi connectivity index (χ0) is 16.1. The lowest BCUT2D eigenvalue weighted by atomic mass is 10.2. The Bertz CT molecular complexity index is 690. The molecule has 0 fully saturated rings. The fourth-order valence-corrected chi connectivity index (χ4v) is 2.16. The summed E-state index contributed by atoms with van der Waals surface area (Å²) in [4.78, 5) is 10.9. The first-order valence-corrected chi connectivity index (χ1v) is 6.80. The fraction of sp³-hybridized carbons (Fsp3) is 0.250. The molecule has 0 aliphatic carbocycles. The number of aromatic nitrogens is 2. The van der Waals surface area contributed by atoms with Crippen molar-refractivity contribution in [2.75, 3.05) is 37.9 Å². The van der Waals surface area contributed by atoms with Crippen LogP contribution in [0.25, 0.3) is 10.9 Å². The van der Waals surface area contributed by atoms with Gasteiger partial charge >= 0.3 is 0 Å². The van der Waals surface area contributed by atoms with Crippen molar-refractivity contribution in [1.82, 2.24) is 9.97 Å². The molecule has 2 rings (SSSR count). The molecule has 6 heteroatoms. The predicted octanol–water partition coefficient (Wildman–Crippen LogP) is 2.41. The van der Waals surface area contributed by atoms with E-state index in [0.717, 1.165) is 5.39 Å². The molecule has 1 aromatic carbocycles. The molecule has 2 N–H and O–H groups in total. The van der Waals surface area contributed by atoms with Gasteiger partial charge in [0.05, 0.1) is 19.7 Å². The Morgan fingerprint density at radius 3 is 2.23 bits per heavy atom. The maximum atomic E-state index is 6.08. The third-order valence-corrected chi connectivity index (χ3v) is 3.20. The standard InChI is InChI=1S/C16H20N4O2/c1-5-7-20(8-6-2)16-18-12-10-14(22-4)13(21-3)9-11(12)15(17)19-16/h5-6,9-10H,1-2,7-8H2,3-4H3,(H2,17,18,19). The van der Waals surface area contributed by atoms with E-state index < -0.39 is 0 Å². The fourth-order valence-electron chi connectivity index (χ4n) is 2.16. The molecule has 6 nitrogen and oxygen atoms in total. The molecule has 2 aromatic rings. The van der Waals surface area contributed by atoms with Crippen LogP contribution in [-0.4, -0.2) is 37.3 Å². The van der Waals surface area contributed by atoms with Crippen molar-refractivity contribution < 1.29 is 9.47 Å². The first-order valence-electron chi connectivity index (χ1n) is 6.80. The van der Waals surface area contributed by atoms with Gasteiger partial charge in [0.1, 0.15) is 5.82 Å². The average molecular weight is 300 g/mol. The zero-order valence-corrected chi connectivity index (χ0v) is 12.9. The first kappa shape index (κ1) is 15.6. The summed E-state index contributed by atoms with van der Waals surface area (Å²) in [6.07, 6.45) is 3.56. The van der Waals surface area contributed by atoms with Crippen molar-refractivity contribution in [2.45, 2.75) is 0 Å². The Balaban J connectivity index is 2.59. The minimum absolute atomic E-state index is 0.388. The van der Waals surface area contributed by atoms with E-state index in [2.05, 4.69) is 23.1 Å². The number of benzene rings is 1. The Morgan fingerprint density at radius 1 is 1.09 bits per heavy atom. The Kier molecular flexibility index (Phi) is 4.83. The second-order valence-corrected chi connectivity index (χ2v) is 4.62. The van der Waals surface area contributed by atoms with Gasteiger partial charge in [0.25, 0.3) is 0 Å². The van der Waals surface area contributed by atoms with Crippen LogP contribution < -0.4 is 20.1 Å². The maximum Gasteiger partial charge on any atom is 0.228 e. The van der Waals surface area contributed by atoms with Crippen molar-refractivity contribution in [1.29, 1.82) is 0 Å². The summed E-state index contributed by atoms with van der Waals surface area (Å²) < 4.78 is 10.6. The van der Waals surface area contributed by atoms with Crippen molar-refractivity contribution in [3.63, 3.8) is 0 Å². The number of hydrogen-bond donors (Lipinski definition) is 1. The van der Waals surface area contributed by atoms with Crippen LogP contribution in [0.5, 0.6) is 11.5 Å². The lowest BCUT2D eigenvalue weighted by Gasteiger charge is -2.20. The van der Waals surface area contributed by atoms with Gasteiger partial charge in [0.2, 0.25) is 5.95 Å². The predicted molar refractivity (Wildman–Crippen MR) is 89.7 cm³/mol. The summed E-state index contributed by atoms with van der Waals surface area (Å²) in [6.45, 7) is 8.69. The number of methoxy groups -OCH3 is 2. The first-order chi connectivity index (χ1) is 10.6. The van der Waals surface area contributed by atoms with Crippen LogP contribution in [0.15, 0.2) is 37.4 Å². The third kappa shape index (κ3) is 2.95. The van der Waals surface area contributed by atoms with Crippen molar-refractivity contribution in [3.8, 4) is 11.5 Å². The molecular weight excluding hydrogens is 280 g/mol. The molecular formula is C16H20N4O2. The molecule has 1 heterocycles. The molecule has 0 unspecified atom stereocenters. The van der Waals surface area contributed by atoms with Crippen LogP contribution in [0.3, 0.4) is 0 Å². The van der Waals surface area contributed by atoms with Gasteiger partial charge in [-0.15, -0.1) is 13.2 Å². The molecule has 0 spiro atoms. The molecule has 1 aromatic heterocycles. The van der Waals surface area contributed by atoms with E-state index in [1.54, 1.807) is 38.5 Å². The molecule has 0 aliphatic heterocycles. The molecule has 22 heavy (non-hydrogen) atoms. The van der Waals surface area contributed by atoms with Crippen LogP contribution in [0, 0.1) is 0 Å². The lowest BCUT2D eigenvalue weighted by molar-refractivity contribution is 0.356. The summed E-state index contributed by atoms with van der Waals surface area (Å²) in [7, 11) is 3.15. The van der Waals surface area contributed by atoms with Gasteiger partial charge in [0.15, 0.2) is 11.5 Å². The highest BCUT2D eigenvalue weighted by molar-refractivity contribution is 5.91. The molecule has 116 valence electrons. The van der Waals surface area contributed by atoms with E-state index in [0.29, 0.717) is 41.9 Å². The van der Waals surface area contributed by atoms with Gasteiger partial charge in [-0.05, 0) is 6.07 Å². The highest BCUT2D eigenvalue weighted by Gasteiger charge is 2.14. The summed E-state index contributed by atoms with van der Waals surface area (Å²) in [5.41, 5.74) is 6.77. The summed E-state index contributed by atoms with van der Waals surface area (Å²) >= 11 is 0. The molecule has 0 saturated carbocycles. The topological polar surface area (TPSA) is 73.5 Å². The monoisotopic (exact) mass is 300 g/mol. The molecule has 0 amide bonds. The lowest BCUT2D eigenvalue weighted by Crippen LogP contribution is -2.25. The second-order valence-electron chi connectivity index (χ2n) is 4.62. The van der Waals surface area contributed by atoms with Gasteiger partial charge < -0.3 is 20.1 Å². The van der Waals surface area contributed by atoms with E-state index in [9.17, 15) is 0 Å². The average Bonchev–Trinajstić information content (AvgIpc) is 2.53. The number of fused-ring (bicyclic) bond motifs is 1. The van der Waals surface area contributed by atoms with E-state index in [4.69, 9.17) is 15.2 Å². The number of ether oxygens (including phenoxy) is 2. The van der Waals surface area contributed by atoms with E-state index >= 15 is 0 Å². The zero-order valence-electron chi connectivity index (χ0n) is 12.9. The van der Waals surface area contributed by atoms with Gasteiger partial charge in [0, 0.05) is 24.5 Å². The minimum atomic E-state index is 0.388. The smallest absolute Gasteiger partial charge is 0.228 e. The van der Waals surface area contributed by atoms with Crippen LogP contribution in [0.1, 0.15) is 0 Å². The Labute approximate surface area is 129 Å². The van der Waals surface area contributed by atoms with E-state index in [1.165, 1.54) is 0 Å². The van der Waals surface area contributed by atoms with Gasteiger partial charge in [-0.25, -0.2) is 4.98 Å². The van der Waals surface area contributed by atoms with Gasteiger partial charge in [-0.1, -0.05) is 12.2 Å². The van der Waals surface area contributed by atoms with Gasteiger partial charge in [-0.2, -0.15) is 4.98 Å². The minimum Gasteiger partial charge on any atom is -0.493 e. The summed E-state index contributed by atoms with van der Waals surface area (Å²) in [5.74, 6) is 2.10. The van der Waals surface area contributed by atoms with Crippen LogP contribution in [0.4, 0.5) is 11.8 Å². The molecule has 0 aliphatic rings. The number of nitrogen functional groups attached to an aromatic ring is 1. The number of hydrogen-bond acceptors (Lipinski definition) is 6. The van der Waals surface area contributed by atoms with Crippen molar-refractivity contribution in [2.24, 2.45) is 0 Å². The third-order valence-electron chi connectivity index (χ3n) is 3.20. The van der Waals surface area contributed by atoms with Gasteiger partial charge in [-0.3, -0.25) is 0 Å². The van der Waals surface area contributed by atoms with Crippen molar-refractivity contribution >= 4 is 22.7 Å². The molecule has 0 atom stereocenters. The Hall–Kier alpha value is -2.76. The largest absolute Gasteiger partial charge is 0.493 e. The molecule has 0 saturated heterocycles. The van der Waals surface area contributed by atoms with Crippen LogP contribution >= 0.6 is 0 Å². The maximum absolute atomic E-state index is 6.08. The Morgan fingerprint density at radius 2 is 1.68 bits per heavy atom. The summed E-state index contributed by atoms with van der Waals surface area (Å²) in [5, 5.41) is 0.721. The normalized spacial score (nSPS) is 10.3. The van der Waals surface area contributed by atoms with E-state index in [1.807, 2.05) is 4.90 Å². The molecule has 0 bridgehead atoms. The number of nitrogens with zero attached hydrogens (tertiary/aromatic N) is 3. The second kappa shape index (κ2) is 6.80. The summed E-state index contributed by atoms with van der Waals surface area (Å²) in [6, 6.07) is 3.56. The SMILES string of the molecule is C=CCN(CC=C)c1nc(N)c2cc(OC)c(OC)cc2n1. The highest BCUT2D eigenvalue weighted by atomic mass is 16.5. The van der Waals surface area contributed by atoms with Crippen LogP contribution in [-0.2, 0) is 0 Å². The number of anilines is 2. The molecule has 0 radical (unpaired) electrons. The van der Waals surface area contributed by atoms with E-state index in [-0.39, 0.29) is 0 Å². The number of rotatable bonds is 7. The van der Waals surface area contributed by atoms with Crippen molar-refractivity contribution in [3.05, 3.63) is 37.4 Å². The number of nitrogens with two attached hydrogens (primary N) is 1. The highest BCUT2D eigenvalue weighted by Crippen LogP contribution is 2.34.